The molecule has 4 aromatic rings. The molecule has 0 radical (unpaired) electrons. The zero-order valence-electron chi connectivity index (χ0n) is 21.0. The SMILES string of the molecule is CCC(=O)OC(C)COc1ccc(CCc2ccc(N(c3ccccc3)c3ccccc3)cc2)cc1. The molecule has 4 aromatic carbocycles. The monoisotopic (exact) mass is 479 g/mol. The number of para-hydroxylation sites is 2. The standard InChI is InChI=1S/C32H33NO3/c1-3-32(34)36-25(2)24-35-31-22-18-27(19-23-31)15-14-26-16-20-30(21-17-26)33(28-10-6-4-7-11-28)29-12-8-5-9-13-29/h4-13,16-23,25H,3,14-15,24H2,1-2H3. The molecule has 0 spiro atoms. The number of ether oxygens (including phenoxy) is 2. The van der Waals surface area contributed by atoms with E-state index >= 15 is 0 Å². The minimum absolute atomic E-state index is 0.206. The Hall–Kier alpha value is -4.05. The quantitative estimate of drug-likeness (QED) is 0.207. The van der Waals surface area contributed by atoms with Gasteiger partial charge in [0.2, 0.25) is 0 Å². The van der Waals surface area contributed by atoms with Crippen molar-refractivity contribution in [1.29, 1.82) is 0 Å². The molecule has 0 aliphatic carbocycles. The van der Waals surface area contributed by atoms with Gasteiger partial charge in [0.25, 0.3) is 0 Å². The van der Waals surface area contributed by atoms with Crippen LogP contribution in [0.3, 0.4) is 0 Å². The van der Waals surface area contributed by atoms with Crippen molar-refractivity contribution in [3.8, 4) is 5.75 Å². The molecule has 0 saturated carbocycles. The van der Waals surface area contributed by atoms with Crippen LogP contribution >= 0.6 is 0 Å². The van der Waals surface area contributed by atoms with Gasteiger partial charge in [-0.1, -0.05) is 67.6 Å². The van der Waals surface area contributed by atoms with E-state index in [0.29, 0.717) is 13.0 Å². The highest BCUT2D eigenvalue weighted by molar-refractivity contribution is 5.76. The van der Waals surface area contributed by atoms with Crippen LogP contribution in [0.5, 0.6) is 5.75 Å². The molecule has 4 rings (SSSR count). The van der Waals surface area contributed by atoms with E-state index in [9.17, 15) is 4.79 Å². The maximum Gasteiger partial charge on any atom is 0.305 e. The lowest BCUT2D eigenvalue weighted by atomic mass is 10.0. The molecule has 4 nitrogen and oxygen atoms in total. The summed E-state index contributed by atoms with van der Waals surface area (Å²) in [5.74, 6) is 0.576. The first-order valence-electron chi connectivity index (χ1n) is 12.5. The highest BCUT2D eigenvalue weighted by Gasteiger charge is 2.12. The number of carbonyl (C=O) groups is 1. The number of nitrogens with zero attached hydrogens (tertiary/aromatic N) is 1. The van der Waals surface area contributed by atoms with Gasteiger partial charge in [-0.2, -0.15) is 0 Å². The van der Waals surface area contributed by atoms with Crippen molar-refractivity contribution in [3.05, 3.63) is 120 Å². The van der Waals surface area contributed by atoms with Gasteiger partial charge in [-0.3, -0.25) is 4.79 Å². The summed E-state index contributed by atoms with van der Waals surface area (Å²) in [5, 5.41) is 0. The second kappa shape index (κ2) is 12.6. The Labute approximate surface area is 214 Å². The molecule has 0 aliphatic heterocycles. The maximum absolute atomic E-state index is 11.4. The third-order valence-corrected chi connectivity index (χ3v) is 5.96. The molecule has 0 N–H and O–H groups in total. The Morgan fingerprint density at radius 2 is 1.17 bits per heavy atom. The molecule has 0 aliphatic rings. The van der Waals surface area contributed by atoms with Crippen molar-refractivity contribution in [2.24, 2.45) is 0 Å². The Balaban J connectivity index is 1.35. The van der Waals surface area contributed by atoms with E-state index in [2.05, 4.69) is 89.8 Å². The number of rotatable bonds is 11. The Bertz CT molecular complexity index is 1170. The largest absolute Gasteiger partial charge is 0.490 e. The number of aryl methyl sites for hydroxylation is 2. The van der Waals surface area contributed by atoms with E-state index in [1.165, 1.54) is 11.1 Å². The van der Waals surface area contributed by atoms with Crippen molar-refractivity contribution in [3.63, 3.8) is 0 Å². The van der Waals surface area contributed by atoms with E-state index in [1.807, 2.05) is 31.2 Å². The van der Waals surface area contributed by atoms with E-state index in [1.54, 1.807) is 6.92 Å². The van der Waals surface area contributed by atoms with E-state index in [-0.39, 0.29) is 12.1 Å². The van der Waals surface area contributed by atoms with Crippen LogP contribution in [0.25, 0.3) is 0 Å². The Morgan fingerprint density at radius 1 is 0.694 bits per heavy atom. The van der Waals surface area contributed by atoms with Crippen LogP contribution in [0.4, 0.5) is 17.1 Å². The Morgan fingerprint density at radius 3 is 1.67 bits per heavy atom. The lowest BCUT2D eigenvalue weighted by Gasteiger charge is -2.25. The molecule has 1 atom stereocenters. The van der Waals surface area contributed by atoms with Crippen molar-refractivity contribution in [2.75, 3.05) is 11.5 Å². The third kappa shape index (κ3) is 6.98. The van der Waals surface area contributed by atoms with Crippen molar-refractivity contribution < 1.29 is 14.3 Å². The van der Waals surface area contributed by atoms with E-state index < -0.39 is 0 Å². The molecule has 1 unspecified atom stereocenters. The highest BCUT2D eigenvalue weighted by atomic mass is 16.6. The van der Waals surface area contributed by atoms with Crippen molar-refractivity contribution in [2.45, 2.75) is 39.2 Å². The molecule has 4 heteroatoms. The minimum Gasteiger partial charge on any atom is -0.490 e. The van der Waals surface area contributed by atoms with Gasteiger partial charge in [0.15, 0.2) is 0 Å². The van der Waals surface area contributed by atoms with Crippen molar-refractivity contribution in [1.82, 2.24) is 0 Å². The molecule has 184 valence electrons. The number of hydrogen-bond acceptors (Lipinski definition) is 4. The summed E-state index contributed by atoms with van der Waals surface area (Å²) in [6, 6.07) is 37.8. The van der Waals surface area contributed by atoms with E-state index in [4.69, 9.17) is 9.47 Å². The van der Waals surface area contributed by atoms with Gasteiger partial charge in [0, 0.05) is 23.5 Å². The highest BCUT2D eigenvalue weighted by Crippen LogP contribution is 2.34. The van der Waals surface area contributed by atoms with Crippen LogP contribution in [-0.4, -0.2) is 18.7 Å². The number of hydrogen-bond donors (Lipinski definition) is 0. The van der Waals surface area contributed by atoms with Crippen LogP contribution in [0.15, 0.2) is 109 Å². The summed E-state index contributed by atoms with van der Waals surface area (Å²) >= 11 is 0. The zero-order chi connectivity index (χ0) is 25.2. The fourth-order valence-electron chi connectivity index (χ4n) is 4.01. The average molecular weight is 480 g/mol. The molecular weight excluding hydrogens is 446 g/mol. The first kappa shape index (κ1) is 25.1. The minimum atomic E-state index is -0.264. The summed E-state index contributed by atoms with van der Waals surface area (Å²) in [6.45, 7) is 3.97. The first-order valence-corrected chi connectivity index (χ1v) is 12.5. The number of esters is 1. The average Bonchev–Trinajstić information content (AvgIpc) is 2.93. The molecule has 36 heavy (non-hydrogen) atoms. The fraction of sp³-hybridized carbons (Fsp3) is 0.219. The van der Waals surface area contributed by atoms with Crippen LogP contribution in [0.1, 0.15) is 31.4 Å². The molecule has 0 heterocycles. The van der Waals surface area contributed by atoms with Crippen molar-refractivity contribution >= 4 is 23.0 Å². The number of carbonyl (C=O) groups excluding carboxylic acids is 1. The molecule has 0 amide bonds. The van der Waals surface area contributed by atoms with Gasteiger partial charge in [0.1, 0.15) is 18.5 Å². The molecule has 0 bridgehead atoms. The summed E-state index contributed by atoms with van der Waals surface area (Å²) in [5.41, 5.74) is 5.96. The molecule has 0 saturated heterocycles. The van der Waals surface area contributed by atoms with Gasteiger partial charge >= 0.3 is 5.97 Å². The summed E-state index contributed by atoms with van der Waals surface area (Å²) in [6.07, 6.45) is 2.02. The normalized spacial score (nSPS) is 11.5. The van der Waals surface area contributed by atoms with Crippen LogP contribution in [0, 0.1) is 0 Å². The second-order valence-electron chi connectivity index (χ2n) is 8.78. The zero-order valence-corrected chi connectivity index (χ0v) is 21.0. The van der Waals surface area contributed by atoms with Gasteiger partial charge in [-0.25, -0.2) is 0 Å². The predicted molar refractivity (Wildman–Crippen MR) is 146 cm³/mol. The van der Waals surface area contributed by atoms with Gasteiger partial charge in [-0.15, -0.1) is 0 Å². The van der Waals surface area contributed by atoms with Crippen LogP contribution in [-0.2, 0) is 22.4 Å². The third-order valence-electron chi connectivity index (χ3n) is 5.96. The fourth-order valence-corrected chi connectivity index (χ4v) is 4.01. The van der Waals surface area contributed by atoms with E-state index in [0.717, 1.165) is 35.7 Å². The summed E-state index contributed by atoms with van der Waals surface area (Å²) in [7, 11) is 0. The Kier molecular flexibility index (Phi) is 8.77. The maximum atomic E-state index is 11.4. The van der Waals surface area contributed by atoms with Crippen LogP contribution < -0.4 is 9.64 Å². The van der Waals surface area contributed by atoms with Crippen LogP contribution in [0.2, 0.25) is 0 Å². The van der Waals surface area contributed by atoms with Gasteiger partial charge in [0.05, 0.1) is 0 Å². The number of anilines is 3. The lowest BCUT2D eigenvalue weighted by Crippen LogP contribution is -2.21. The number of benzene rings is 4. The lowest BCUT2D eigenvalue weighted by molar-refractivity contribution is -0.149. The first-order chi connectivity index (χ1) is 17.6. The molecule has 0 fully saturated rings. The smallest absolute Gasteiger partial charge is 0.305 e. The summed E-state index contributed by atoms with van der Waals surface area (Å²) < 4.78 is 11.0. The predicted octanol–water partition coefficient (Wildman–Crippen LogP) is 7.66. The second-order valence-corrected chi connectivity index (χ2v) is 8.78. The van der Waals surface area contributed by atoms with Gasteiger partial charge in [-0.05, 0) is 79.4 Å². The van der Waals surface area contributed by atoms with Gasteiger partial charge < -0.3 is 14.4 Å². The molecular formula is C32H33NO3. The molecule has 0 aromatic heterocycles. The topological polar surface area (TPSA) is 38.8 Å². The summed E-state index contributed by atoms with van der Waals surface area (Å²) in [4.78, 5) is 13.6.